The maximum Gasteiger partial charge on any atom is 0.319 e. The molecule has 14 heteroatoms. The number of phenols is 1. The number of hydrogen-bond donors (Lipinski definition) is 3. The zero-order chi connectivity index (χ0) is 45.4. The smallest absolute Gasteiger partial charge is 0.319 e. The number of rotatable bonds is 12. The molecule has 6 heterocycles. The van der Waals surface area contributed by atoms with Crippen LogP contribution >= 0.6 is 0 Å². The van der Waals surface area contributed by atoms with Crippen molar-refractivity contribution >= 4 is 46.5 Å². The minimum atomic E-state index is -2.35. The maximum atomic E-state index is 18.3. The Morgan fingerprint density at radius 3 is 2.39 bits per heavy atom. The van der Waals surface area contributed by atoms with Gasteiger partial charge in [-0.3, -0.25) is 9.80 Å². The molecule has 2 bridgehead atoms. The fraction of sp³-hybridized carbons (Fsp3) is 0.560. The van der Waals surface area contributed by atoms with Crippen LogP contribution in [0, 0.1) is 30.0 Å². The van der Waals surface area contributed by atoms with Gasteiger partial charge in [-0.05, 0) is 91.8 Å². The van der Waals surface area contributed by atoms with Gasteiger partial charge in [-0.2, -0.15) is 9.97 Å². The molecule has 4 aliphatic rings. The topological polar surface area (TPSA) is 119 Å². The summed E-state index contributed by atoms with van der Waals surface area (Å²) in [6.07, 6.45) is 2.62. The van der Waals surface area contributed by atoms with Gasteiger partial charge in [0, 0.05) is 61.0 Å². The van der Waals surface area contributed by atoms with Crippen molar-refractivity contribution in [2.45, 2.75) is 134 Å². The molecule has 0 radical (unpaired) electrons. The largest absolute Gasteiger partial charge is 0.508 e. The minimum Gasteiger partial charge on any atom is -0.508 e. The third kappa shape index (κ3) is 7.53. The van der Waals surface area contributed by atoms with Crippen LogP contribution in [0.3, 0.4) is 0 Å². The number of fused-ring (bicyclic) bond motifs is 7. The highest BCUT2D eigenvalue weighted by molar-refractivity contribution is 6.90. The lowest BCUT2D eigenvalue weighted by atomic mass is 9.91. The van der Waals surface area contributed by atoms with Crippen LogP contribution in [-0.4, -0.2) is 119 Å². The number of alkyl halides is 1. The Labute approximate surface area is 374 Å². The molecule has 10 nitrogen and oxygen atoms in total. The Hall–Kier alpha value is -4.39. The molecule has 0 spiro atoms. The summed E-state index contributed by atoms with van der Waals surface area (Å²) in [6, 6.07) is 8.04. The highest BCUT2D eigenvalue weighted by Crippen LogP contribution is 2.48. The summed E-state index contributed by atoms with van der Waals surface area (Å²) in [5.41, 5.74) is 4.62. The Morgan fingerprint density at radius 2 is 1.70 bits per heavy atom. The van der Waals surface area contributed by atoms with Gasteiger partial charge in [0.05, 0.1) is 34.8 Å². The first kappa shape index (κ1) is 44.8. The third-order valence-corrected chi connectivity index (χ3v) is 21.6. The lowest BCUT2D eigenvalue weighted by molar-refractivity contribution is 0.0665. The van der Waals surface area contributed by atoms with E-state index in [0.29, 0.717) is 72.1 Å². The summed E-state index contributed by atoms with van der Waals surface area (Å²) < 4.78 is 62.6. The number of furan rings is 1. The van der Waals surface area contributed by atoms with Gasteiger partial charge in [0.15, 0.2) is 5.82 Å². The van der Waals surface area contributed by atoms with Gasteiger partial charge >= 0.3 is 6.01 Å². The average molecular weight is 898 g/mol. The van der Waals surface area contributed by atoms with Crippen molar-refractivity contribution in [3.05, 3.63) is 53.3 Å². The first-order valence-corrected chi connectivity index (χ1v) is 25.5. The molecule has 4 saturated heterocycles. The van der Waals surface area contributed by atoms with Crippen LogP contribution in [0.1, 0.15) is 91.4 Å². The number of benzene rings is 3. The van der Waals surface area contributed by atoms with Gasteiger partial charge in [-0.15, -0.1) is 5.54 Å². The van der Waals surface area contributed by atoms with E-state index in [9.17, 15) is 19.7 Å². The fourth-order valence-corrected chi connectivity index (χ4v) is 17.6. The molecule has 1 unspecified atom stereocenters. The van der Waals surface area contributed by atoms with Crippen molar-refractivity contribution in [2.24, 2.45) is 0 Å². The quantitative estimate of drug-likeness (QED) is 0.0826. The standard InChI is InChI=1S/C50H62F3N5O5Si/c1-28(2)64(29(3)4,30(5)6)18-14-38-41(52)12-9-32-20-37(61)21-39(42(32)38)43-45(53)46-44(40-19-31(7)63-47(40)43)48(56-24-34-10-11-35(25-56)58(34)17-13-36(60)26-59)55-49(54-46)62-27-50-15-8-16-57(50)23-33(51)22-50/h9,12,19-21,28-30,33-36,59-61H,8,10-11,13,15-17,22-27H2,1-7H3/t33-,34-,35+,36?,50+/m1/s1. The SMILES string of the molecule is Cc1cc2c(o1)c(-c1cc(O)cc3ccc(F)c(C#C[Si](C(C)C)(C(C)C)C(C)C)c13)c(F)c1nc(OC[C@@]34CCCN3C[C@H](F)C4)nc(N3C[C@H]4CC[C@@H](C3)N4CCC(O)CO)c12. The summed E-state index contributed by atoms with van der Waals surface area (Å²) in [5.74, 6) is 2.94. The fourth-order valence-electron chi connectivity index (χ4n) is 12.4. The van der Waals surface area contributed by atoms with Crippen LogP contribution < -0.4 is 9.64 Å². The zero-order valence-corrected chi connectivity index (χ0v) is 39.1. The van der Waals surface area contributed by atoms with Crippen LogP contribution in [-0.2, 0) is 0 Å². The zero-order valence-electron chi connectivity index (χ0n) is 38.1. The van der Waals surface area contributed by atoms with Crippen LogP contribution in [0.4, 0.5) is 19.0 Å². The molecule has 3 N–H and O–H groups in total. The molecule has 5 atom stereocenters. The monoisotopic (exact) mass is 897 g/mol. The highest BCUT2D eigenvalue weighted by atomic mass is 28.3. The predicted octanol–water partition coefficient (Wildman–Crippen LogP) is 9.41. The molecular weight excluding hydrogens is 836 g/mol. The third-order valence-electron chi connectivity index (χ3n) is 15.3. The lowest BCUT2D eigenvalue weighted by Crippen LogP contribution is -2.54. The van der Waals surface area contributed by atoms with Crippen LogP contribution in [0.5, 0.6) is 11.8 Å². The highest BCUT2D eigenvalue weighted by Gasteiger charge is 2.50. The molecule has 3 aromatic carbocycles. The van der Waals surface area contributed by atoms with E-state index in [1.165, 1.54) is 12.1 Å². The molecule has 342 valence electrons. The van der Waals surface area contributed by atoms with Crippen molar-refractivity contribution in [3.8, 4) is 34.4 Å². The van der Waals surface area contributed by atoms with E-state index in [1.54, 1.807) is 19.1 Å². The van der Waals surface area contributed by atoms with Gasteiger partial charge in [0.1, 0.15) is 55.1 Å². The number of aliphatic hydroxyl groups excluding tert-OH is 2. The van der Waals surface area contributed by atoms with Crippen LogP contribution in [0.25, 0.3) is 43.8 Å². The summed E-state index contributed by atoms with van der Waals surface area (Å²) in [4.78, 5) is 16.7. The van der Waals surface area contributed by atoms with Crippen molar-refractivity contribution in [3.63, 3.8) is 0 Å². The molecule has 5 aromatic rings. The first-order valence-electron chi connectivity index (χ1n) is 23.3. The molecule has 9 rings (SSSR count). The second kappa shape index (κ2) is 17.1. The van der Waals surface area contributed by atoms with E-state index >= 15 is 8.78 Å². The Kier molecular flexibility index (Phi) is 12.0. The number of piperazine rings is 1. The summed E-state index contributed by atoms with van der Waals surface area (Å²) in [7, 11) is -2.35. The number of phenolic OH excluding ortho intramolecular Hbond substituents is 1. The van der Waals surface area contributed by atoms with Gasteiger partial charge in [-0.25, -0.2) is 13.2 Å². The maximum absolute atomic E-state index is 18.3. The van der Waals surface area contributed by atoms with Gasteiger partial charge in [0.2, 0.25) is 0 Å². The molecule has 4 aliphatic heterocycles. The number of aromatic hydroxyl groups is 1. The van der Waals surface area contributed by atoms with Crippen LogP contribution in [0.15, 0.2) is 34.7 Å². The van der Waals surface area contributed by atoms with Crippen molar-refractivity contribution < 1.29 is 37.6 Å². The molecule has 64 heavy (non-hydrogen) atoms. The normalized spacial score (nSPS) is 23.4. The average Bonchev–Trinajstić information content (AvgIpc) is 3.97. The number of aliphatic hydroxyl groups is 2. The number of halogens is 3. The van der Waals surface area contributed by atoms with Gasteiger partial charge in [-0.1, -0.05) is 53.5 Å². The molecule has 0 saturated carbocycles. The van der Waals surface area contributed by atoms with E-state index in [4.69, 9.17) is 19.1 Å². The van der Waals surface area contributed by atoms with E-state index in [0.717, 1.165) is 32.2 Å². The number of aryl methyl sites for hydroxylation is 1. The number of anilines is 1. The second-order valence-electron chi connectivity index (χ2n) is 20.0. The van der Waals surface area contributed by atoms with Gasteiger partial charge in [0.25, 0.3) is 0 Å². The Balaban J connectivity index is 1.25. The van der Waals surface area contributed by atoms with Crippen LogP contribution in [0.2, 0.25) is 16.6 Å². The van der Waals surface area contributed by atoms with E-state index in [2.05, 4.69) is 67.7 Å². The number of aromatic nitrogens is 2. The predicted molar refractivity (Wildman–Crippen MR) is 248 cm³/mol. The van der Waals surface area contributed by atoms with E-state index < -0.39 is 37.5 Å². The van der Waals surface area contributed by atoms with Crippen molar-refractivity contribution in [1.82, 2.24) is 19.8 Å². The molecule has 4 fully saturated rings. The number of nitrogens with zero attached hydrogens (tertiary/aromatic N) is 5. The summed E-state index contributed by atoms with van der Waals surface area (Å²) in [5, 5.41) is 32.9. The molecule has 2 aromatic heterocycles. The summed E-state index contributed by atoms with van der Waals surface area (Å²) in [6.45, 7) is 17.8. The van der Waals surface area contributed by atoms with Crippen molar-refractivity contribution in [1.29, 1.82) is 0 Å². The first-order chi connectivity index (χ1) is 30.5. The minimum absolute atomic E-state index is 0.00825. The Bertz CT molecular complexity index is 2630. The molecular formula is C50H62F3N5O5Si. The van der Waals surface area contributed by atoms with Gasteiger partial charge < -0.3 is 29.4 Å². The summed E-state index contributed by atoms with van der Waals surface area (Å²) >= 11 is 0. The Morgan fingerprint density at radius 1 is 0.984 bits per heavy atom. The molecule has 0 aliphatic carbocycles. The second-order valence-corrected chi connectivity index (χ2v) is 25.6. The number of ether oxygens (including phenoxy) is 1. The molecule has 0 amide bonds. The lowest BCUT2D eigenvalue weighted by Gasteiger charge is -2.42. The van der Waals surface area contributed by atoms with Crippen molar-refractivity contribution in [2.75, 3.05) is 50.8 Å². The van der Waals surface area contributed by atoms with E-state index in [1.807, 2.05) is 6.07 Å². The number of hydrogen-bond acceptors (Lipinski definition) is 10. The van der Waals surface area contributed by atoms with E-state index in [-0.39, 0.29) is 81.5 Å².